The van der Waals surface area contributed by atoms with Crippen molar-refractivity contribution in [3.05, 3.63) is 26.6 Å². The average Bonchev–Trinajstić information content (AvgIpc) is 2.31. The van der Waals surface area contributed by atoms with Crippen LogP contribution in [0.25, 0.3) is 11.1 Å². The molecule has 0 unspecified atom stereocenters. The molecule has 4 heteroatoms. The van der Waals surface area contributed by atoms with E-state index in [-0.39, 0.29) is 0 Å². The molecule has 1 heterocycles. The van der Waals surface area contributed by atoms with E-state index in [1.54, 1.807) is 0 Å². The fraction of sp³-hybridized carbons (Fsp3) is 0. The molecule has 0 aliphatic heterocycles. The molecule has 0 fully saturated rings. The Morgan fingerprint density at radius 2 is 2.27 bits per heavy atom. The van der Waals surface area contributed by atoms with Crippen LogP contribution in [0, 0.1) is 8.41 Å². The summed E-state index contributed by atoms with van der Waals surface area (Å²) in [5.74, 6) is 0. The topological polar surface area (TPSA) is 28.9 Å². The van der Waals surface area contributed by atoms with E-state index in [0.29, 0.717) is 4.84 Å². The van der Waals surface area contributed by atoms with Gasteiger partial charge in [0.1, 0.15) is 0 Å². The van der Waals surface area contributed by atoms with E-state index >= 15 is 0 Å². The van der Waals surface area contributed by atoms with Gasteiger partial charge in [-0.25, -0.2) is 0 Å². The van der Waals surface area contributed by atoms with Gasteiger partial charge in [-0.05, 0) is 46.9 Å². The number of H-pyrrole nitrogens is 1. The highest BCUT2D eigenvalue weighted by Crippen LogP contribution is 2.18. The highest BCUT2D eigenvalue weighted by atomic mass is 127. The maximum absolute atomic E-state index is 5.20. The van der Waals surface area contributed by atoms with E-state index < -0.39 is 0 Å². The molecular weight excluding hydrogens is 273 g/mol. The van der Waals surface area contributed by atoms with Gasteiger partial charge in [0, 0.05) is 3.57 Å². The summed E-state index contributed by atoms with van der Waals surface area (Å²) in [6, 6.07) is 5.84. The normalized spacial score (nSPS) is 10.6. The molecule has 0 spiro atoms. The van der Waals surface area contributed by atoms with Gasteiger partial charge in [0.25, 0.3) is 4.84 Å². The second-order valence-corrected chi connectivity index (χ2v) is 3.66. The summed E-state index contributed by atoms with van der Waals surface area (Å²) in [4.78, 5) is 3.40. The van der Waals surface area contributed by atoms with Crippen molar-refractivity contribution in [1.29, 1.82) is 0 Å². The first-order chi connectivity index (χ1) is 5.27. The van der Waals surface area contributed by atoms with Crippen molar-refractivity contribution in [3.8, 4) is 0 Å². The van der Waals surface area contributed by atoms with Gasteiger partial charge in [0.15, 0.2) is 5.58 Å². The largest absolute Gasteiger partial charge is 0.429 e. The van der Waals surface area contributed by atoms with Gasteiger partial charge >= 0.3 is 0 Å². The van der Waals surface area contributed by atoms with E-state index in [1.807, 2.05) is 18.2 Å². The summed E-state index contributed by atoms with van der Waals surface area (Å²) >= 11 is 7.08. The Labute approximate surface area is 81.7 Å². The van der Waals surface area contributed by atoms with Crippen molar-refractivity contribution in [2.75, 3.05) is 0 Å². The minimum Gasteiger partial charge on any atom is -0.429 e. The number of oxazole rings is 1. The standard InChI is InChI=1S/C7H4INOS/c8-4-2-1-3-5-6(4)9-7(11)10-5/h1-3H,(H,9,11). The van der Waals surface area contributed by atoms with Crippen LogP contribution in [0.1, 0.15) is 0 Å². The zero-order chi connectivity index (χ0) is 7.84. The first-order valence-electron chi connectivity index (χ1n) is 3.05. The van der Waals surface area contributed by atoms with Crippen LogP contribution in [-0.4, -0.2) is 4.98 Å². The van der Waals surface area contributed by atoms with Gasteiger partial charge in [-0.15, -0.1) is 0 Å². The van der Waals surface area contributed by atoms with E-state index in [1.165, 1.54) is 0 Å². The van der Waals surface area contributed by atoms with Crippen LogP contribution < -0.4 is 0 Å². The number of aromatic amines is 1. The second kappa shape index (κ2) is 2.60. The predicted octanol–water partition coefficient (Wildman–Crippen LogP) is 3.09. The van der Waals surface area contributed by atoms with Gasteiger partial charge in [-0.3, -0.25) is 0 Å². The lowest BCUT2D eigenvalue weighted by atomic mass is 10.3. The quantitative estimate of drug-likeness (QED) is 0.592. The predicted molar refractivity (Wildman–Crippen MR) is 54.1 cm³/mol. The minimum absolute atomic E-state index is 0.434. The van der Waals surface area contributed by atoms with Gasteiger partial charge in [-0.1, -0.05) is 6.07 Å². The smallest absolute Gasteiger partial charge is 0.266 e. The molecule has 0 amide bonds. The van der Waals surface area contributed by atoms with Crippen LogP contribution in [0.4, 0.5) is 0 Å². The summed E-state index contributed by atoms with van der Waals surface area (Å²) in [6.45, 7) is 0. The number of hydrogen-bond donors (Lipinski definition) is 1. The molecule has 1 aromatic carbocycles. The number of rotatable bonds is 0. The molecule has 0 radical (unpaired) electrons. The number of fused-ring (bicyclic) bond motifs is 1. The summed E-state index contributed by atoms with van der Waals surface area (Å²) in [5, 5.41) is 0. The number of aromatic nitrogens is 1. The fourth-order valence-corrected chi connectivity index (χ4v) is 1.74. The number of hydrogen-bond acceptors (Lipinski definition) is 2. The highest BCUT2D eigenvalue weighted by molar-refractivity contribution is 14.1. The molecule has 2 aromatic rings. The summed E-state index contributed by atoms with van der Waals surface area (Å²) in [5.41, 5.74) is 1.81. The van der Waals surface area contributed by atoms with E-state index in [4.69, 9.17) is 16.6 Å². The molecule has 0 atom stereocenters. The summed E-state index contributed by atoms with van der Waals surface area (Å²) in [6.07, 6.45) is 0. The molecule has 1 aromatic heterocycles. The Hall–Kier alpha value is -0.360. The van der Waals surface area contributed by atoms with E-state index in [2.05, 4.69) is 27.6 Å². The van der Waals surface area contributed by atoms with Crippen LogP contribution in [-0.2, 0) is 0 Å². The molecule has 0 aliphatic carbocycles. The molecular formula is C7H4INOS. The van der Waals surface area contributed by atoms with Crippen LogP contribution in [0.15, 0.2) is 22.6 Å². The molecule has 0 saturated heterocycles. The zero-order valence-electron chi connectivity index (χ0n) is 5.43. The van der Waals surface area contributed by atoms with Crippen molar-refractivity contribution in [2.24, 2.45) is 0 Å². The lowest BCUT2D eigenvalue weighted by Gasteiger charge is -1.88. The number of para-hydroxylation sites is 1. The van der Waals surface area contributed by atoms with E-state index in [0.717, 1.165) is 14.7 Å². The van der Waals surface area contributed by atoms with Crippen molar-refractivity contribution in [2.45, 2.75) is 0 Å². The molecule has 11 heavy (non-hydrogen) atoms. The average molecular weight is 277 g/mol. The Balaban J connectivity index is 3.01. The number of nitrogens with one attached hydrogen (secondary N) is 1. The molecule has 0 saturated carbocycles. The van der Waals surface area contributed by atoms with Crippen molar-refractivity contribution >= 4 is 45.9 Å². The summed E-state index contributed by atoms with van der Waals surface area (Å²) in [7, 11) is 0. The Morgan fingerprint density at radius 3 is 3.00 bits per heavy atom. The van der Waals surface area contributed by atoms with E-state index in [9.17, 15) is 0 Å². The second-order valence-electron chi connectivity index (χ2n) is 2.13. The van der Waals surface area contributed by atoms with Gasteiger partial charge in [0.2, 0.25) is 0 Å². The summed E-state index contributed by atoms with van der Waals surface area (Å²) < 4.78 is 6.33. The minimum atomic E-state index is 0.434. The maximum atomic E-state index is 5.20. The lowest BCUT2D eigenvalue weighted by molar-refractivity contribution is 0.583. The van der Waals surface area contributed by atoms with Crippen LogP contribution in [0.3, 0.4) is 0 Å². The zero-order valence-corrected chi connectivity index (χ0v) is 8.40. The third-order valence-electron chi connectivity index (χ3n) is 1.41. The lowest BCUT2D eigenvalue weighted by Crippen LogP contribution is -1.72. The Bertz CT molecular complexity index is 445. The molecule has 1 N–H and O–H groups in total. The SMILES string of the molecule is S=c1[nH]c2c(I)cccc2o1. The van der Waals surface area contributed by atoms with Gasteiger partial charge in [-0.2, -0.15) is 0 Å². The van der Waals surface area contributed by atoms with Crippen molar-refractivity contribution < 1.29 is 4.42 Å². The number of halogens is 1. The molecule has 0 bridgehead atoms. The highest BCUT2D eigenvalue weighted by Gasteiger charge is 2.00. The molecule has 2 nitrogen and oxygen atoms in total. The number of benzene rings is 1. The fourth-order valence-electron chi connectivity index (χ4n) is 0.938. The third kappa shape index (κ3) is 1.20. The van der Waals surface area contributed by atoms with Crippen molar-refractivity contribution in [1.82, 2.24) is 4.98 Å². The van der Waals surface area contributed by atoms with Gasteiger partial charge < -0.3 is 9.40 Å². The Morgan fingerprint density at radius 1 is 1.45 bits per heavy atom. The maximum Gasteiger partial charge on any atom is 0.266 e. The van der Waals surface area contributed by atoms with Gasteiger partial charge in [0.05, 0.1) is 5.52 Å². The molecule has 56 valence electrons. The van der Waals surface area contributed by atoms with Crippen LogP contribution in [0.2, 0.25) is 0 Å². The van der Waals surface area contributed by atoms with Crippen molar-refractivity contribution in [3.63, 3.8) is 0 Å². The molecule has 2 rings (SSSR count). The van der Waals surface area contributed by atoms with Crippen LogP contribution in [0.5, 0.6) is 0 Å². The first-order valence-corrected chi connectivity index (χ1v) is 4.53. The first kappa shape index (κ1) is 7.30. The molecule has 0 aliphatic rings. The Kier molecular flexibility index (Phi) is 1.72. The third-order valence-corrected chi connectivity index (χ3v) is 2.49. The van der Waals surface area contributed by atoms with Crippen LogP contribution >= 0.6 is 34.8 Å². The monoisotopic (exact) mass is 277 g/mol.